The summed E-state index contributed by atoms with van der Waals surface area (Å²) in [5.74, 6) is 0.803. The molecule has 1 aliphatic rings. The molecule has 15 heavy (non-hydrogen) atoms. The lowest BCUT2D eigenvalue weighted by Crippen LogP contribution is -2.44. The van der Waals surface area contributed by atoms with Gasteiger partial charge in [-0.05, 0) is 38.0 Å². The van der Waals surface area contributed by atoms with Crippen LogP contribution in [0.4, 0.5) is 0 Å². The van der Waals surface area contributed by atoms with Crippen LogP contribution in [0, 0.1) is 5.92 Å². The summed E-state index contributed by atoms with van der Waals surface area (Å²) in [5.41, 5.74) is 6.30. The van der Waals surface area contributed by atoms with Crippen LogP contribution in [-0.4, -0.2) is 18.8 Å². The Labute approximate surface area is 94.6 Å². The van der Waals surface area contributed by atoms with Crippen molar-refractivity contribution < 1.29 is 4.74 Å². The average Bonchev–Trinajstić information content (AvgIpc) is 2.11. The molecule has 0 saturated heterocycles. The van der Waals surface area contributed by atoms with Crippen LogP contribution in [-0.2, 0) is 4.74 Å². The van der Waals surface area contributed by atoms with Gasteiger partial charge >= 0.3 is 0 Å². The van der Waals surface area contributed by atoms with E-state index in [0.717, 1.165) is 18.8 Å². The van der Waals surface area contributed by atoms with Crippen LogP contribution < -0.4 is 5.73 Å². The Bertz CT molecular complexity index is 170. The molecule has 0 aliphatic heterocycles. The van der Waals surface area contributed by atoms with Gasteiger partial charge in [-0.1, -0.05) is 26.7 Å². The van der Waals surface area contributed by atoms with E-state index in [1.807, 2.05) is 7.11 Å². The quantitative estimate of drug-likeness (QED) is 0.705. The second kappa shape index (κ2) is 5.86. The first kappa shape index (κ1) is 13.0. The summed E-state index contributed by atoms with van der Waals surface area (Å²) < 4.78 is 5.59. The van der Waals surface area contributed by atoms with Crippen molar-refractivity contribution in [2.45, 2.75) is 70.4 Å². The van der Waals surface area contributed by atoms with Crippen molar-refractivity contribution in [3.63, 3.8) is 0 Å². The maximum atomic E-state index is 6.15. The van der Waals surface area contributed by atoms with Crippen molar-refractivity contribution in [1.29, 1.82) is 0 Å². The molecule has 90 valence electrons. The third-order valence-corrected chi connectivity index (χ3v) is 3.69. The Balaban J connectivity index is 2.14. The number of rotatable bonds is 7. The normalized spacial score (nSPS) is 21.4. The molecule has 0 amide bonds. The predicted molar refractivity (Wildman–Crippen MR) is 64.9 cm³/mol. The van der Waals surface area contributed by atoms with Crippen LogP contribution in [0.2, 0.25) is 0 Å². The first-order valence-corrected chi connectivity index (χ1v) is 6.39. The second-order valence-corrected chi connectivity index (χ2v) is 5.53. The summed E-state index contributed by atoms with van der Waals surface area (Å²) >= 11 is 0. The van der Waals surface area contributed by atoms with E-state index in [-0.39, 0.29) is 5.60 Å². The Hall–Kier alpha value is -0.0800. The highest BCUT2D eigenvalue weighted by molar-refractivity contribution is 4.92. The number of nitrogens with two attached hydrogens (primary N) is 1. The van der Waals surface area contributed by atoms with Gasteiger partial charge in [0.1, 0.15) is 0 Å². The smallest absolute Gasteiger partial charge is 0.0693 e. The summed E-state index contributed by atoms with van der Waals surface area (Å²) in [6.45, 7) is 4.54. The molecule has 1 rings (SSSR count). The lowest BCUT2D eigenvalue weighted by molar-refractivity contribution is -0.0818. The Morgan fingerprint density at radius 1 is 1.27 bits per heavy atom. The summed E-state index contributed by atoms with van der Waals surface area (Å²) in [6, 6.07) is 0.337. The standard InChI is InChI=1S/C13H27NO/c1-11(2)6-4-7-12(14)10-13(15-3)8-5-9-13/h11-12H,4-10,14H2,1-3H3. The van der Waals surface area contributed by atoms with Gasteiger partial charge in [0.25, 0.3) is 0 Å². The molecule has 1 unspecified atom stereocenters. The van der Waals surface area contributed by atoms with Crippen LogP contribution >= 0.6 is 0 Å². The molecule has 1 atom stereocenters. The highest BCUT2D eigenvalue weighted by Crippen LogP contribution is 2.39. The molecule has 1 aliphatic carbocycles. The van der Waals surface area contributed by atoms with Gasteiger partial charge in [0.15, 0.2) is 0 Å². The Morgan fingerprint density at radius 3 is 2.33 bits per heavy atom. The van der Waals surface area contributed by atoms with Crippen molar-refractivity contribution in [3.05, 3.63) is 0 Å². The minimum absolute atomic E-state index is 0.150. The highest BCUT2D eigenvalue weighted by Gasteiger charge is 2.37. The molecule has 0 bridgehead atoms. The first-order valence-electron chi connectivity index (χ1n) is 6.39. The zero-order chi connectivity index (χ0) is 11.3. The van der Waals surface area contributed by atoms with Crippen LogP contribution in [0.5, 0.6) is 0 Å². The van der Waals surface area contributed by atoms with E-state index in [2.05, 4.69) is 13.8 Å². The van der Waals surface area contributed by atoms with Crippen molar-refractivity contribution in [2.24, 2.45) is 11.7 Å². The molecule has 0 spiro atoms. The number of ether oxygens (including phenoxy) is 1. The molecule has 0 aromatic carbocycles. The lowest BCUT2D eigenvalue weighted by Gasteiger charge is -2.42. The second-order valence-electron chi connectivity index (χ2n) is 5.53. The van der Waals surface area contributed by atoms with E-state index in [0.29, 0.717) is 6.04 Å². The van der Waals surface area contributed by atoms with Gasteiger partial charge in [0.2, 0.25) is 0 Å². The maximum Gasteiger partial charge on any atom is 0.0693 e. The first-order chi connectivity index (χ1) is 7.08. The highest BCUT2D eigenvalue weighted by atomic mass is 16.5. The molecule has 0 radical (unpaired) electrons. The molecular formula is C13H27NO. The van der Waals surface area contributed by atoms with Crippen LogP contribution in [0.3, 0.4) is 0 Å². The summed E-state index contributed by atoms with van der Waals surface area (Å²) in [4.78, 5) is 0. The topological polar surface area (TPSA) is 35.2 Å². The van der Waals surface area contributed by atoms with Gasteiger partial charge in [-0.25, -0.2) is 0 Å². The lowest BCUT2D eigenvalue weighted by atomic mass is 9.75. The zero-order valence-corrected chi connectivity index (χ0v) is 10.6. The van der Waals surface area contributed by atoms with E-state index in [9.17, 15) is 0 Å². The molecule has 2 N–H and O–H groups in total. The van der Waals surface area contributed by atoms with Gasteiger partial charge in [0, 0.05) is 13.2 Å². The molecule has 0 aromatic heterocycles. The molecule has 1 saturated carbocycles. The number of hydrogen-bond acceptors (Lipinski definition) is 2. The molecular weight excluding hydrogens is 186 g/mol. The fourth-order valence-electron chi connectivity index (χ4n) is 2.43. The third kappa shape index (κ3) is 4.12. The maximum absolute atomic E-state index is 6.15. The number of hydrogen-bond donors (Lipinski definition) is 1. The fraction of sp³-hybridized carbons (Fsp3) is 1.00. The Kier molecular flexibility index (Phi) is 5.07. The molecule has 2 nitrogen and oxygen atoms in total. The van der Waals surface area contributed by atoms with Crippen molar-refractivity contribution >= 4 is 0 Å². The minimum atomic E-state index is 0.150. The summed E-state index contributed by atoms with van der Waals surface area (Å²) in [7, 11) is 1.83. The van der Waals surface area contributed by atoms with Gasteiger partial charge < -0.3 is 10.5 Å². The van der Waals surface area contributed by atoms with Gasteiger partial charge in [-0.3, -0.25) is 0 Å². The van der Waals surface area contributed by atoms with Gasteiger partial charge in [-0.2, -0.15) is 0 Å². The van der Waals surface area contributed by atoms with E-state index in [4.69, 9.17) is 10.5 Å². The Morgan fingerprint density at radius 2 is 1.93 bits per heavy atom. The van der Waals surface area contributed by atoms with E-state index in [1.165, 1.54) is 32.1 Å². The van der Waals surface area contributed by atoms with Crippen molar-refractivity contribution in [2.75, 3.05) is 7.11 Å². The van der Waals surface area contributed by atoms with E-state index < -0.39 is 0 Å². The minimum Gasteiger partial charge on any atom is -0.378 e. The van der Waals surface area contributed by atoms with Gasteiger partial charge in [-0.15, -0.1) is 0 Å². The SMILES string of the molecule is COC1(CC(N)CCCC(C)C)CCC1. The summed E-state index contributed by atoms with van der Waals surface area (Å²) in [6.07, 6.45) is 8.51. The molecule has 0 heterocycles. The monoisotopic (exact) mass is 213 g/mol. The van der Waals surface area contributed by atoms with E-state index >= 15 is 0 Å². The molecule has 2 heteroatoms. The predicted octanol–water partition coefficient (Wildman–Crippen LogP) is 3.10. The average molecular weight is 213 g/mol. The number of methoxy groups -OCH3 is 1. The molecule has 1 fully saturated rings. The fourth-order valence-corrected chi connectivity index (χ4v) is 2.43. The largest absolute Gasteiger partial charge is 0.378 e. The van der Waals surface area contributed by atoms with Crippen LogP contribution in [0.25, 0.3) is 0 Å². The van der Waals surface area contributed by atoms with Gasteiger partial charge in [0.05, 0.1) is 5.60 Å². The summed E-state index contributed by atoms with van der Waals surface area (Å²) in [5, 5.41) is 0. The molecule has 0 aromatic rings. The van der Waals surface area contributed by atoms with Crippen LogP contribution in [0.15, 0.2) is 0 Å². The van der Waals surface area contributed by atoms with Crippen molar-refractivity contribution in [3.8, 4) is 0 Å². The van der Waals surface area contributed by atoms with Crippen LogP contribution in [0.1, 0.15) is 58.8 Å². The van der Waals surface area contributed by atoms with E-state index in [1.54, 1.807) is 0 Å². The van der Waals surface area contributed by atoms with Crippen molar-refractivity contribution in [1.82, 2.24) is 0 Å². The zero-order valence-electron chi connectivity index (χ0n) is 10.6. The third-order valence-electron chi connectivity index (χ3n) is 3.69.